The quantitative estimate of drug-likeness (QED) is 0.444. The highest BCUT2D eigenvalue weighted by atomic mass is 32.1. The van der Waals surface area contributed by atoms with E-state index in [0.717, 1.165) is 40.9 Å². The monoisotopic (exact) mass is 441 g/mol. The average Bonchev–Trinajstić information content (AvgIpc) is 2.95. The third-order valence-electron chi connectivity index (χ3n) is 5.26. The number of fused-ring (bicyclic) bond motifs is 2. The van der Waals surface area contributed by atoms with Gasteiger partial charge in [0, 0.05) is 18.7 Å². The first-order valence-corrected chi connectivity index (χ1v) is 10.8. The molecule has 0 saturated carbocycles. The molecule has 0 saturated heterocycles. The van der Waals surface area contributed by atoms with Gasteiger partial charge in [0.2, 0.25) is 11.8 Å². The second-order valence-corrected chi connectivity index (χ2v) is 7.92. The van der Waals surface area contributed by atoms with Crippen molar-refractivity contribution in [2.75, 3.05) is 10.2 Å². The molecule has 32 heavy (non-hydrogen) atoms. The number of hydrogen-bond acceptors (Lipinski definition) is 3. The fourth-order valence-electron chi connectivity index (χ4n) is 3.79. The summed E-state index contributed by atoms with van der Waals surface area (Å²) in [6, 6.07) is 23.3. The van der Waals surface area contributed by atoms with Gasteiger partial charge in [-0.25, -0.2) is 0 Å². The van der Waals surface area contributed by atoms with Gasteiger partial charge >= 0.3 is 0 Å². The summed E-state index contributed by atoms with van der Waals surface area (Å²) >= 11 is 5.31. The number of aryl methyl sites for hydroxylation is 2. The Morgan fingerprint density at radius 3 is 2.34 bits per heavy atom. The van der Waals surface area contributed by atoms with E-state index in [1.807, 2.05) is 66.7 Å². The molecule has 1 aliphatic heterocycles. The number of rotatable bonds is 3. The van der Waals surface area contributed by atoms with E-state index >= 15 is 0 Å². The van der Waals surface area contributed by atoms with Crippen LogP contribution in [0.25, 0.3) is 6.08 Å². The van der Waals surface area contributed by atoms with Crippen LogP contribution >= 0.6 is 12.2 Å². The molecule has 0 aliphatic carbocycles. The highest BCUT2D eigenvalue weighted by Crippen LogP contribution is 2.37. The topological polar surface area (TPSA) is 61.4 Å². The van der Waals surface area contributed by atoms with Gasteiger partial charge in [-0.3, -0.25) is 19.8 Å². The fourth-order valence-corrected chi connectivity index (χ4v) is 4.01. The fraction of sp³-hybridized carbons (Fsp3) is 0.115. The number of amides is 2. The second kappa shape index (κ2) is 9.58. The Balaban J connectivity index is 1.50. The Bertz CT molecular complexity index is 1200. The third-order valence-corrected chi connectivity index (χ3v) is 5.46. The lowest BCUT2D eigenvalue weighted by molar-refractivity contribution is -0.116. The molecule has 3 aromatic carbocycles. The Hall–Kier alpha value is -3.77. The molecule has 1 heterocycles. The van der Waals surface area contributed by atoms with Crippen LogP contribution in [-0.4, -0.2) is 16.9 Å². The molecular weight excluding hydrogens is 418 g/mol. The normalized spacial score (nSPS) is 12.5. The van der Waals surface area contributed by atoms with E-state index in [4.69, 9.17) is 12.2 Å². The summed E-state index contributed by atoms with van der Waals surface area (Å²) in [6.45, 7) is 1.57. The number of thiocarbonyl (C=S) groups is 1. The summed E-state index contributed by atoms with van der Waals surface area (Å²) in [7, 11) is 0. The zero-order valence-corrected chi connectivity index (χ0v) is 18.5. The lowest BCUT2D eigenvalue weighted by Crippen LogP contribution is -2.33. The van der Waals surface area contributed by atoms with E-state index in [1.165, 1.54) is 6.08 Å². The Morgan fingerprint density at radius 1 is 0.906 bits per heavy atom. The zero-order chi connectivity index (χ0) is 22.5. The summed E-state index contributed by atoms with van der Waals surface area (Å²) in [4.78, 5) is 26.5. The summed E-state index contributed by atoms with van der Waals surface area (Å²) in [5.41, 5.74) is 5.58. The molecule has 2 N–H and O–H groups in total. The molecule has 0 radical (unpaired) electrons. The lowest BCUT2D eigenvalue weighted by Gasteiger charge is -2.24. The summed E-state index contributed by atoms with van der Waals surface area (Å²) in [5, 5.41) is 5.90. The van der Waals surface area contributed by atoms with E-state index in [-0.39, 0.29) is 16.9 Å². The first kappa shape index (κ1) is 21.5. The van der Waals surface area contributed by atoms with Gasteiger partial charge in [0.05, 0.1) is 11.4 Å². The van der Waals surface area contributed by atoms with E-state index < -0.39 is 0 Å². The minimum absolute atomic E-state index is 0.0559. The number of nitrogens with one attached hydrogen (secondary N) is 2. The van der Waals surface area contributed by atoms with Gasteiger partial charge in [-0.2, -0.15) is 0 Å². The Labute approximate surface area is 192 Å². The van der Waals surface area contributed by atoms with Gasteiger partial charge in [-0.1, -0.05) is 54.6 Å². The highest BCUT2D eigenvalue weighted by molar-refractivity contribution is 7.80. The van der Waals surface area contributed by atoms with Gasteiger partial charge in [0.15, 0.2) is 5.11 Å². The van der Waals surface area contributed by atoms with Crippen molar-refractivity contribution in [1.29, 1.82) is 0 Å². The van der Waals surface area contributed by atoms with Gasteiger partial charge in [-0.05, 0) is 66.0 Å². The van der Waals surface area contributed by atoms with Crippen molar-refractivity contribution in [1.82, 2.24) is 5.32 Å². The molecule has 3 aromatic rings. The predicted molar refractivity (Wildman–Crippen MR) is 133 cm³/mol. The van der Waals surface area contributed by atoms with Crippen molar-refractivity contribution < 1.29 is 9.59 Å². The molecule has 0 bridgehead atoms. The van der Waals surface area contributed by atoms with Crippen LogP contribution in [0.3, 0.4) is 0 Å². The van der Waals surface area contributed by atoms with E-state index in [1.54, 1.807) is 17.9 Å². The summed E-state index contributed by atoms with van der Waals surface area (Å²) < 4.78 is 0. The minimum Gasteiger partial charge on any atom is -0.332 e. The molecule has 0 fully saturated rings. The van der Waals surface area contributed by atoms with Crippen LogP contribution in [0.5, 0.6) is 0 Å². The second-order valence-electron chi connectivity index (χ2n) is 7.51. The van der Waals surface area contributed by atoms with Gasteiger partial charge in [-0.15, -0.1) is 0 Å². The number of carbonyl (C=O) groups is 2. The van der Waals surface area contributed by atoms with Gasteiger partial charge < -0.3 is 5.32 Å². The molecule has 5 nitrogen and oxygen atoms in total. The van der Waals surface area contributed by atoms with E-state index in [2.05, 4.69) is 16.7 Å². The first-order chi connectivity index (χ1) is 15.5. The van der Waals surface area contributed by atoms with Crippen molar-refractivity contribution >= 4 is 52.3 Å². The van der Waals surface area contributed by atoms with Crippen LogP contribution in [0.2, 0.25) is 0 Å². The zero-order valence-electron chi connectivity index (χ0n) is 17.7. The van der Waals surface area contributed by atoms with Gasteiger partial charge in [0.25, 0.3) is 0 Å². The molecule has 0 atom stereocenters. The molecular formula is C26H23N3O2S. The molecule has 6 heteroatoms. The average molecular weight is 442 g/mol. The third kappa shape index (κ3) is 4.92. The molecule has 1 aliphatic rings. The molecule has 0 spiro atoms. The first-order valence-electron chi connectivity index (χ1n) is 10.4. The Morgan fingerprint density at radius 2 is 1.59 bits per heavy atom. The van der Waals surface area contributed by atoms with E-state index in [0.29, 0.717) is 5.69 Å². The standard InChI is InChI=1S/C26H23N3O2S/c1-18(30)29-23-10-6-5-9-20(23)12-13-21-14-15-22(17-24(21)29)27-26(32)28-25(31)16-11-19-7-3-2-4-8-19/h2-11,14-17H,12-13H2,1H3,(H2,27,28,31,32). The van der Waals surface area contributed by atoms with Crippen LogP contribution in [0, 0.1) is 0 Å². The van der Waals surface area contributed by atoms with Crippen molar-refractivity contribution in [2.24, 2.45) is 0 Å². The summed E-state index contributed by atoms with van der Waals surface area (Å²) in [5.74, 6) is -0.375. The van der Waals surface area contributed by atoms with E-state index in [9.17, 15) is 9.59 Å². The number of para-hydroxylation sites is 1. The van der Waals surface area contributed by atoms with Crippen LogP contribution in [0.4, 0.5) is 17.1 Å². The molecule has 4 rings (SSSR count). The van der Waals surface area contributed by atoms with Crippen LogP contribution in [0.15, 0.2) is 78.9 Å². The maximum absolute atomic E-state index is 12.6. The lowest BCUT2D eigenvalue weighted by atomic mass is 10.0. The largest absolute Gasteiger partial charge is 0.332 e. The van der Waals surface area contributed by atoms with Gasteiger partial charge in [0.1, 0.15) is 0 Å². The number of benzene rings is 3. The van der Waals surface area contributed by atoms with Crippen molar-refractivity contribution in [3.05, 3.63) is 95.6 Å². The molecule has 0 unspecified atom stereocenters. The minimum atomic E-state index is -0.319. The number of anilines is 3. The molecule has 160 valence electrons. The number of nitrogens with zero attached hydrogens (tertiary/aromatic N) is 1. The smallest absolute Gasteiger partial charge is 0.250 e. The highest BCUT2D eigenvalue weighted by Gasteiger charge is 2.23. The maximum Gasteiger partial charge on any atom is 0.250 e. The summed E-state index contributed by atoms with van der Waals surface area (Å²) in [6.07, 6.45) is 4.86. The number of hydrogen-bond donors (Lipinski definition) is 2. The number of carbonyl (C=O) groups excluding carboxylic acids is 2. The Kier molecular flexibility index (Phi) is 6.42. The molecule has 2 amide bonds. The van der Waals surface area contributed by atoms with Crippen molar-refractivity contribution in [3.63, 3.8) is 0 Å². The van der Waals surface area contributed by atoms with Crippen LogP contribution < -0.4 is 15.5 Å². The van der Waals surface area contributed by atoms with Crippen LogP contribution in [0.1, 0.15) is 23.6 Å². The van der Waals surface area contributed by atoms with Crippen LogP contribution in [-0.2, 0) is 22.4 Å². The molecule has 0 aromatic heterocycles. The predicted octanol–water partition coefficient (Wildman–Crippen LogP) is 5.00. The van der Waals surface area contributed by atoms with Crippen molar-refractivity contribution in [3.8, 4) is 0 Å². The maximum atomic E-state index is 12.6. The van der Waals surface area contributed by atoms with Crippen molar-refractivity contribution in [2.45, 2.75) is 19.8 Å². The SMILES string of the molecule is CC(=O)N1c2ccccc2CCc2ccc(NC(=S)NC(=O)C=Cc3ccccc3)cc21.